The van der Waals surface area contributed by atoms with Crippen LogP contribution in [0.15, 0.2) is 30.3 Å². The van der Waals surface area contributed by atoms with Crippen LogP contribution in [0.2, 0.25) is 5.15 Å². The summed E-state index contributed by atoms with van der Waals surface area (Å²) < 4.78 is 2.05. The largest absolute Gasteiger partial charge is 0.396 e. The minimum Gasteiger partial charge on any atom is -0.396 e. The molecule has 5 heteroatoms. The lowest BCUT2D eigenvalue weighted by Gasteiger charge is -2.09. The van der Waals surface area contributed by atoms with Crippen molar-refractivity contribution in [3.63, 3.8) is 0 Å². The van der Waals surface area contributed by atoms with Crippen molar-refractivity contribution in [2.45, 2.75) is 26.7 Å². The number of pyridine rings is 1. The predicted molar refractivity (Wildman–Crippen MR) is 88.8 cm³/mol. The number of rotatable bonds is 4. The van der Waals surface area contributed by atoms with Gasteiger partial charge in [-0.15, -0.1) is 0 Å². The third kappa shape index (κ3) is 2.60. The lowest BCUT2D eigenvalue weighted by Crippen LogP contribution is -2.02. The molecule has 0 radical (unpaired) electrons. The molecule has 2 heterocycles. The fraction of sp³-hybridized carbons (Fsp3) is 0.294. The first-order valence-electron chi connectivity index (χ1n) is 7.38. The lowest BCUT2D eigenvalue weighted by atomic mass is 10.1. The second kappa shape index (κ2) is 6.07. The molecule has 1 aromatic carbocycles. The molecule has 0 saturated carbocycles. The molecule has 0 aliphatic rings. The molecule has 0 spiro atoms. The molecule has 0 bridgehead atoms. The Balaban J connectivity index is 2.17. The number of halogens is 1. The highest BCUT2D eigenvalue weighted by molar-refractivity contribution is 6.30. The fourth-order valence-electron chi connectivity index (χ4n) is 2.57. The first kappa shape index (κ1) is 15.0. The SMILES string of the molecule is CCc1nc2cc(C)c(Cl)nc2n1-c1ccc(CCO)cc1. The molecule has 114 valence electrons. The summed E-state index contributed by atoms with van der Waals surface area (Å²) in [6, 6.07) is 10.1. The minimum atomic E-state index is 0.157. The molecule has 0 amide bonds. The Kier molecular flexibility index (Phi) is 4.14. The normalized spacial score (nSPS) is 11.3. The van der Waals surface area contributed by atoms with Crippen molar-refractivity contribution in [2.24, 2.45) is 0 Å². The maximum absolute atomic E-state index is 9.01. The number of imidazole rings is 1. The fourth-order valence-corrected chi connectivity index (χ4v) is 2.71. The van der Waals surface area contributed by atoms with Crippen molar-refractivity contribution in [1.29, 1.82) is 0 Å². The van der Waals surface area contributed by atoms with E-state index in [0.29, 0.717) is 11.6 Å². The van der Waals surface area contributed by atoms with Crippen LogP contribution < -0.4 is 0 Å². The molecular formula is C17H18ClN3O. The molecule has 0 aliphatic heterocycles. The van der Waals surface area contributed by atoms with Crippen molar-refractivity contribution in [3.8, 4) is 5.69 Å². The van der Waals surface area contributed by atoms with E-state index in [1.165, 1.54) is 0 Å². The lowest BCUT2D eigenvalue weighted by molar-refractivity contribution is 0.299. The van der Waals surface area contributed by atoms with Gasteiger partial charge in [-0.3, -0.25) is 4.57 Å². The molecular weight excluding hydrogens is 298 g/mol. The van der Waals surface area contributed by atoms with Gasteiger partial charge in [-0.25, -0.2) is 9.97 Å². The standard InChI is InChI=1S/C17H18ClN3O/c1-3-15-19-14-10-11(2)16(18)20-17(14)21(15)13-6-4-12(5-7-13)8-9-22/h4-7,10,22H,3,8-9H2,1-2H3. The van der Waals surface area contributed by atoms with Crippen LogP contribution in [0.4, 0.5) is 0 Å². The Morgan fingerprint density at radius 3 is 2.55 bits per heavy atom. The highest BCUT2D eigenvalue weighted by Gasteiger charge is 2.14. The molecule has 3 aromatic rings. The van der Waals surface area contributed by atoms with Crippen LogP contribution in [0.25, 0.3) is 16.9 Å². The number of aromatic nitrogens is 3. The van der Waals surface area contributed by atoms with Crippen LogP contribution in [-0.4, -0.2) is 26.2 Å². The zero-order chi connectivity index (χ0) is 15.7. The van der Waals surface area contributed by atoms with Crippen LogP contribution in [-0.2, 0) is 12.8 Å². The molecule has 0 atom stereocenters. The van der Waals surface area contributed by atoms with Gasteiger partial charge in [-0.2, -0.15) is 0 Å². The zero-order valence-corrected chi connectivity index (χ0v) is 13.4. The highest BCUT2D eigenvalue weighted by atomic mass is 35.5. The smallest absolute Gasteiger partial charge is 0.166 e. The van der Waals surface area contributed by atoms with Crippen molar-refractivity contribution in [2.75, 3.05) is 6.61 Å². The van der Waals surface area contributed by atoms with Crippen LogP contribution in [0, 0.1) is 6.92 Å². The molecule has 3 rings (SSSR count). The molecule has 0 fully saturated rings. The van der Waals surface area contributed by atoms with E-state index < -0.39 is 0 Å². The topological polar surface area (TPSA) is 50.9 Å². The van der Waals surface area contributed by atoms with Crippen molar-refractivity contribution in [1.82, 2.24) is 14.5 Å². The predicted octanol–water partition coefficient (Wildman–Crippen LogP) is 3.48. The number of fused-ring (bicyclic) bond motifs is 1. The number of hydrogen-bond donors (Lipinski definition) is 1. The molecule has 0 aliphatic carbocycles. The quantitative estimate of drug-likeness (QED) is 0.750. The van der Waals surface area contributed by atoms with Gasteiger partial charge in [-0.1, -0.05) is 30.7 Å². The summed E-state index contributed by atoms with van der Waals surface area (Å²) in [5, 5.41) is 9.52. The van der Waals surface area contributed by atoms with E-state index in [0.717, 1.165) is 40.2 Å². The average Bonchev–Trinajstić information content (AvgIpc) is 2.86. The Morgan fingerprint density at radius 2 is 1.91 bits per heavy atom. The van der Waals surface area contributed by atoms with E-state index in [1.807, 2.05) is 41.8 Å². The molecule has 22 heavy (non-hydrogen) atoms. The van der Waals surface area contributed by atoms with E-state index >= 15 is 0 Å². The maximum Gasteiger partial charge on any atom is 0.166 e. The molecule has 0 saturated heterocycles. The summed E-state index contributed by atoms with van der Waals surface area (Å²) in [6.07, 6.45) is 1.47. The molecule has 1 N–H and O–H groups in total. The van der Waals surface area contributed by atoms with Gasteiger partial charge in [-0.05, 0) is 42.7 Å². The molecule has 0 unspecified atom stereocenters. The van der Waals surface area contributed by atoms with Gasteiger partial charge in [0.1, 0.15) is 16.5 Å². The first-order chi connectivity index (χ1) is 10.6. The summed E-state index contributed by atoms with van der Waals surface area (Å²) in [6.45, 7) is 4.17. The average molecular weight is 316 g/mol. The first-order valence-corrected chi connectivity index (χ1v) is 7.76. The van der Waals surface area contributed by atoms with Crippen LogP contribution in [0.5, 0.6) is 0 Å². The second-order valence-corrected chi connectivity index (χ2v) is 5.65. The molecule has 2 aromatic heterocycles. The highest BCUT2D eigenvalue weighted by Crippen LogP contribution is 2.24. The van der Waals surface area contributed by atoms with Crippen molar-refractivity contribution in [3.05, 3.63) is 52.4 Å². The molecule has 4 nitrogen and oxygen atoms in total. The Labute approximate surface area is 134 Å². The van der Waals surface area contributed by atoms with Gasteiger partial charge in [0.15, 0.2) is 5.65 Å². The number of benzene rings is 1. The Hall–Kier alpha value is -1.91. The van der Waals surface area contributed by atoms with Gasteiger partial charge in [0, 0.05) is 18.7 Å². The number of hydrogen-bond acceptors (Lipinski definition) is 3. The number of aliphatic hydroxyl groups excluding tert-OH is 1. The zero-order valence-electron chi connectivity index (χ0n) is 12.7. The van der Waals surface area contributed by atoms with Gasteiger partial charge in [0.25, 0.3) is 0 Å². The van der Waals surface area contributed by atoms with E-state index in [2.05, 4.69) is 16.9 Å². The summed E-state index contributed by atoms with van der Waals surface area (Å²) in [4.78, 5) is 9.17. The summed E-state index contributed by atoms with van der Waals surface area (Å²) in [7, 11) is 0. The van der Waals surface area contributed by atoms with Gasteiger partial charge in [0.05, 0.1) is 0 Å². The number of aliphatic hydroxyl groups is 1. The van der Waals surface area contributed by atoms with E-state index in [1.54, 1.807) is 0 Å². The van der Waals surface area contributed by atoms with Gasteiger partial charge < -0.3 is 5.11 Å². The third-order valence-electron chi connectivity index (χ3n) is 3.74. The number of aryl methyl sites for hydroxylation is 2. The van der Waals surface area contributed by atoms with Gasteiger partial charge >= 0.3 is 0 Å². The van der Waals surface area contributed by atoms with Crippen LogP contribution in [0.1, 0.15) is 23.9 Å². The summed E-state index contributed by atoms with van der Waals surface area (Å²) in [5.74, 6) is 0.957. The summed E-state index contributed by atoms with van der Waals surface area (Å²) >= 11 is 6.19. The second-order valence-electron chi connectivity index (χ2n) is 5.30. The number of nitrogens with zero attached hydrogens (tertiary/aromatic N) is 3. The Bertz CT molecular complexity index is 809. The van der Waals surface area contributed by atoms with Crippen LogP contribution in [0.3, 0.4) is 0 Å². The van der Waals surface area contributed by atoms with E-state index in [4.69, 9.17) is 16.7 Å². The summed E-state index contributed by atoms with van der Waals surface area (Å²) in [5.41, 5.74) is 4.68. The van der Waals surface area contributed by atoms with E-state index in [9.17, 15) is 0 Å². The van der Waals surface area contributed by atoms with E-state index in [-0.39, 0.29) is 6.61 Å². The van der Waals surface area contributed by atoms with Crippen LogP contribution >= 0.6 is 11.6 Å². The minimum absolute atomic E-state index is 0.157. The van der Waals surface area contributed by atoms with Crippen molar-refractivity contribution < 1.29 is 5.11 Å². The van der Waals surface area contributed by atoms with Gasteiger partial charge in [0.2, 0.25) is 0 Å². The third-order valence-corrected chi connectivity index (χ3v) is 4.13. The van der Waals surface area contributed by atoms with Crippen molar-refractivity contribution >= 4 is 22.8 Å². The maximum atomic E-state index is 9.01. The monoisotopic (exact) mass is 315 g/mol. The Morgan fingerprint density at radius 1 is 1.18 bits per heavy atom.